The van der Waals surface area contributed by atoms with E-state index in [9.17, 15) is 19.2 Å². The van der Waals surface area contributed by atoms with E-state index in [0.717, 1.165) is 16.7 Å². The van der Waals surface area contributed by atoms with Crippen LogP contribution in [0.3, 0.4) is 0 Å². The first-order valence-corrected chi connectivity index (χ1v) is 20.2. The Morgan fingerprint density at radius 3 is 1.71 bits per heavy atom. The zero-order chi connectivity index (χ0) is 41.3. The summed E-state index contributed by atoms with van der Waals surface area (Å²) in [5.74, 6) is -1.43. The molecule has 0 saturated carbocycles. The molecule has 0 bridgehead atoms. The maximum Gasteiger partial charge on any atom is 0.408 e. The van der Waals surface area contributed by atoms with Crippen molar-refractivity contribution in [2.24, 2.45) is 0 Å². The molecule has 0 radical (unpaired) electrons. The van der Waals surface area contributed by atoms with Crippen molar-refractivity contribution in [2.75, 3.05) is 16.4 Å². The van der Waals surface area contributed by atoms with Gasteiger partial charge in [0.25, 0.3) is 5.91 Å². The molecule has 0 unspecified atom stereocenters. The third kappa shape index (κ3) is 10.2. The second kappa shape index (κ2) is 18.6. The minimum absolute atomic E-state index is 0.105. The molecule has 6 rings (SSSR count). The average Bonchev–Trinajstić information content (AvgIpc) is 3.22. The van der Waals surface area contributed by atoms with Gasteiger partial charge >= 0.3 is 6.09 Å². The van der Waals surface area contributed by atoms with E-state index >= 15 is 0 Å². The summed E-state index contributed by atoms with van der Waals surface area (Å²) in [6.45, 7) is 5.23. The molecule has 0 heterocycles. The van der Waals surface area contributed by atoms with E-state index in [1.165, 1.54) is 36.0 Å². The molecule has 1 atom stereocenters. The molecular formula is C47H41Cl2N3O5S. The Hall–Kier alpha value is -5.87. The summed E-state index contributed by atoms with van der Waals surface area (Å²) in [4.78, 5) is 55.2. The molecule has 0 aliphatic heterocycles. The Kier molecular flexibility index (Phi) is 13.4. The number of hydrogen-bond acceptors (Lipinski definition) is 6. The summed E-state index contributed by atoms with van der Waals surface area (Å²) in [7, 11) is 0. The molecule has 11 heteroatoms. The molecule has 0 aliphatic rings. The number of carbonyl (C=O) groups excluding carboxylic acids is 4. The molecule has 0 saturated heterocycles. The van der Waals surface area contributed by atoms with E-state index in [1.54, 1.807) is 63.2 Å². The zero-order valence-corrected chi connectivity index (χ0v) is 34.3. The minimum atomic E-state index is -1.12. The van der Waals surface area contributed by atoms with Crippen LogP contribution in [-0.4, -0.2) is 41.1 Å². The van der Waals surface area contributed by atoms with Gasteiger partial charge in [0, 0.05) is 27.6 Å². The Morgan fingerprint density at radius 1 is 0.638 bits per heavy atom. The van der Waals surface area contributed by atoms with Crippen molar-refractivity contribution in [1.82, 2.24) is 5.32 Å². The first kappa shape index (κ1) is 41.8. The molecule has 3 amide bonds. The maximum absolute atomic E-state index is 14.4. The number of carbonyl (C=O) groups is 4. The van der Waals surface area contributed by atoms with Gasteiger partial charge in [0.15, 0.2) is 5.78 Å². The number of alkyl carbamates (subject to hydrolysis) is 1. The van der Waals surface area contributed by atoms with Crippen LogP contribution < -0.4 is 16.0 Å². The summed E-state index contributed by atoms with van der Waals surface area (Å²) in [5, 5.41) is 9.00. The maximum atomic E-state index is 14.4. The van der Waals surface area contributed by atoms with Crippen molar-refractivity contribution >= 4 is 70.0 Å². The summed E-state index contributed by atoms with van der Waals surface area (Å²) < 4.78 is 4.82. The third-order valence-corrected chi connectivity index (χ3v) is 11.2. The van der Waals surface area contributed by atoms with Gasteiger partial charge in [-0.3, -0.25) is 14.4 Å². The van der Waals surface area contributed by atoms with Crippen molar-refractivity contribution in [1.29, 1.82) is 0 Å². The minimum Gasteiger partial charge on any atom is -0.444 e. The van der Waals surface area contributed by atoms with Crippen LogP contribution >= 0.6 is 35.0 Å². The van der Waals surface area contributed by atoms with Gasteiger partial charge in [0.1, 0.15) is 11.6 Å². The van der Waals surface area contributed by atoms with Gasteiger partial charge in [-0.15, -0.1) is 11.8 Å². The van der Waals surface area contributed by atoms with Crippen molar-refractivity contribution in [2.45, 2.75) is 37.2 Å². The van der Waals surface area contributed by atoms with Gasteiger partial charge < -0.3 is 20.7 Å². The van der Waals surface area contributed by atoms with Crippen LogP contribution in [0.2, 0.25) is 10.0 Å². The fourth-order valence-electron chi connectivity index (χ4n) is 6.36. The Morgan fingerprint density at radius 2 is 1.17 bits per heavy atom. The van der Waals surface area contributed by atoms with Gasteiger partial charge in [-0.05, 0) is 73.9 Å². The second-order valence-corrected chi connectivity index (χ2v) is 16.4. The van der Waals surface area contributed by atoms with Crippen LogP contribution in [-0.2, 0) is 14.3 Å². The molecule has 0 aliphatic carbocycles. The molecular weight excluding hydrogens is 790 g/mol. The largest absolute Gasteiger partial charge is 0.444 e. The predicted octanol–water partition coefficient (Wildman–Crippen LogP) is 11.0. The van der Waals surface area contributed by atoms with Gasteiger partial charge in [-0.1, -0.05) is 145 Å². The van der Waals surface area contributed by atoms with E-state index in [4.69, 9.17) is 27.9 Å². The second-order valence-electron chi connectivity index (χ2n) is 14.3. The summed E-state index contributed by atoms with van der Waals surface area (Å²) >= 11 is 14.0. The molecule has 0 fully saturated rings. The van der Waals surface area contributed by atoms with E-state index in [-0.39, 0.29) is 33.3 Å². The Balaban J connectivity index is 1.37. The normalized spacial score (nSPS) is 11.9. The van der Waals surface area contributed by atoms with Crippen LogP contribution in [0.15, 0.2) is 158 Å². The Labute approximate surface area is 352 Å². The van der Waals surface area contributed by atoms with Crippen LogP contribution in [0.1, 0.15) is 63.7 Å². The fourth-order valence-corrected chi connectivity index (χ4v) is 8.30. The molecule has 8 nitrogen and oxygen atoms in total. The van der Waals surface area contributed by atoms with Crippen LogP contribution in [0.5, 0.6) is 0 Å². The highest BCUT2D eigenvalue weighted by Gasteiger charge is 2.39. The van der Waals surface area contributed by atoms with Crippen molar-refractivity contribution in [3.8, 4) is 0 Å². The lowest BCUT2D eigenvalue weighted by atomic mass is 9.84. The lowest BCUT2D eigenvalue weighted by Crippen LogP contribution is -2.48. The molecule has 3 N–H and O–H groups in total. The highest BCUT2D eigenvalue weighted by atomic mass is 35.5. The van der Waals surface area contributed by atoms with Gasteiger partial charge in [0.05, 0.1) is 21.0 Å². The number of ketones is 1. The van der Waals surface area contributed by atoms with Gasteiger partial charge in [0.2, 0.25) is 5.91 Å². The number of halogens is 2. The van der Waals surface area contributed by atoms with Crippen molar-refractivity contribution in [3.05, 3.63) is 201 Å². The number of hydrogen-bond donors (Lipinski definition) is 3. The van der Waals surface area contributed by atoms with Crippen LogP contribution in [0.25, 0.3) is 0 Å². The SMILES string of the molecule is CC(C)(C)OC(=O)N[C@@H](CSC(c1ccccc1)(c1ccccc1)c1ccccc1)C(=O)Nc1ccc(NC(=O)c2cc(Cl)ccc2Cl)c(C(=O)c2ccccc2)c1. The number of amides is 3. The molecule has 6 aromatic rings. The fraction of sp³-hybridized carbons (Fsp3) is 0.149. The molecule has 0 aromatic heterocycles. The molecule has 6 aromatic carbocycles. The first-order valence-electron chi connectivity index (χ1n) is 18.4. The van der Waals surface area contributed by atoms with Crippen molar-refractivity contribution < 1.29 is 23.9 Å². The summed E-state index contributed by atoms with van der Waals surface area (Å²) in [6.07, 6.45) is -0.768. The number of thioether (sulfide) groups is 1. The number of benzene rings is 6. The smallest absolute Gasteiger partial charge is 0.408 e. The van der Waals surface area contributed by atoms with Crippen LogP contribution in [0, 0.1) is 0 Å². The Bertz CT molecular complexity index is 2300. The van der Waals surface area contributed by atoms with E-state index in [0.29, 0.717) is 10.6 Å². The highest BCUT2D eigenvalue weighted by Crippen LogP contribution is 2.48. The topological polar surface area (TPSA) is 114 Å². The number of anilines is 2. The lowest BCUT2D eigenvalue weighted by molar-refractivity contribution is -0.117. The molecule has 294 valence electrons. The van der Waals surface area contributed by atoms with Crippen LogP contribution in [0.4, 0.5) is 16.2 Å². The van der Waals surface area contributed by atoms with E-state index in [2.05, 4.69) is 52.3 Å². The standard InChI is InChI=1S/C47H41Cl2N3O5S/c1-46(2,3)57-45(56)52-41(30-58-47(32-18-10-5-11-19-32,33-20-12-6-13-21-33)34-22-14-7-15-23-34)44(55)50-36-25-27-40(38(29-36)42(53)31-16-8-4-9-17-31)51-43(54)37-28-35(48)24-26-39(37)49/h4-29,41H,30H2,1-3H3,(H,50,55)(H,51,54)(H,52,56)/t41-/m0/s1. The zero-order valence-electron chi connectivity index (χ0n) is 32.0. The lowest BCUT2D eigenvalue weighted by Gasteiger charge is -2.36. The van der Waals surface area contributed by atoms with E-state index in [1.807, 2.05) is 54.6 Å². The number of rotatable bonds is 13. The highest BCUT2D eigenvalue weighted by molar-refractivity contribution is 8.00. The van der Waals surface area contributed by atoms with Gasteiger partial charge in [-0.2, -0.15) is 0 Å². The number of ether oxygens (including phenoxy) is 1. The van der Waals surface area contributed by atoms with E-state index < -0.39 is 40.1 Å². The third-order valence-electron chi connectivity index (χ3n) is 9.00. The monoisotopic (exact) mass is 829 g/mol. The van der Waals surface area contributed by atoms with Crippen molar-refractivity contribution in [3.63, 3.8) is 0 Å². The molecule has 0 spiro atoms. The van der Waals surface area contributed by atoms with Gasteiger partial charge in [-0.25, -0.2) is 4.79 Å². The predicted molar refractivity (Wildman–Crippen MR) is 234 cm³/mol. The number of nitrogens with one attached hydrogen (secondary N) is 3. The molecule has 58 heavy (non-hydrogen) atoms. The first-order chi connectivity index (χ1) is 27.8. The average molecular weight is 831 g/mol. The quantitative estimate of drug-likeness (QED) is 0.0789. The summed E-state index contributed by atoms with van der Waals surface area (Å²) in [5.41, 5.74) is 3.15. The summed E-state index contributed by atoms with van der Waals surface area (Å²) in [6, 6.07) is 46.6.